The summed E-state index contributed by atoms with van der Waals surface area (Å²) in [6.45, 7) is 35.1. The third-order valence-electron chi connectivity index (χ3n) is 11.9. The zero-order valence-corrected chi connectivity index (χ0v) is 34.6. The van der Waals surface area contributed by atoms with E-state index in [0.717, 1.165) is 12.0 Å². The van der Waals surface area contributed by atoms with Crippen LogP contribution in [0, 0.1) is 17.8 Å². The summed E-state index contributed by atoms with van der Waals surface area (Å²) in [4.78, 5) is 0. The lowest BCUT2D eigenvalue weighted by Crippen LogP contribution is -2.60. The lowest BCUT2D eigenvalue weighted by atomic mass is 9.74. The molecule has 8 nitrogen and oxygen atoms in total. The fraction of sp³-hybridized carbons (Fsp3) is 0.850. The van der Waals surface area contributed by atoms with Crippen molar-refractivity contribution in [3.63, 3.8) is 0 Å². The lowest BCUT2D eigenvalue weighted by Gasteiger charge is -2.51. The van der Waals surface area contributed by atoms with E-state index in [4.69, 9.17) is 32.8 Å². The first-order valence-corrected chi connectivity index (χ1v) is 21.6. The van der Waals surface area contributed by atoms with Crippen molar-refractivity contribution in [2.75, 3.05) is 6.61 Å². The van der Waals surface area contributed by atoms with Gasteiger partial charge in [-0.1, -0.05) is 78.8 Å². The highest BCUT2D eigenvalue weighted by Crippen LogP contribution is 2.56. The molecular formula is C40H70O8Si. The highest BCUT2D eigenvalue weighted by molar-refractivity contribution is 6.74. The summed E-state index contributed by atoms with van der Waals surface area (Å²) in [5, 5.41) is 12.4. The van der Waals surface area contributed by atoms with Crippen LogP contribution in [0.5, 0.6) is 0 Å². The molecule has 0 bridgehead atoms. The molecule has 0 saturated carbocycles. The van der Waals surface area contributed by atoms with Crippen LogP contribution in [0.15, 0.2) is 30.3 Å². The van der Waals surface area contributed by atoms with Crippen LogP contribution in [0.4, 0.5) is 0 Å². The Balaban J connectivity index is 1.55. The highest BCUT2D eigenvalue weighted by Gasteiger charge is 2.71. The molecule has 0 spiro atoms. The smallest absolute Gasteiger partial charge is 0.192 e. The van der Waals surface area contributed by atoms with Crippen LogP contribution in [-0.2, 0) is 39.5 Å². The van der Waals surface area contributed by atoms with Crippen molar-refractivity contribution in [3.8, 4) is 0 Å². The van der Waals surface area contributed by atoms with Gasteiger partial charge in [0.15, 0.2) is 19.9 Å². The summed E-state index contributed by atoms with van der Waals surface area (Å²) in [5.41, 5.74) is -1.54. The molecule has 49 heavy (non-hydrogen) atoms. The first kappa shape index (κ1) is 40.9. The average molecular weight is 707 g/mol. The SMILES string of the molecule is CC[C@@H](O[Si](C)(C)C(C)(C)C)[C@]1(C)O[C@H]([C@H](C)CC(C)(O)[C@@H]2OC(C)(C)O[C@H]([C@@H](C)COCc3ccccc3)[C@@H]2C)[C@]2(C)OC(C)(C)O[C@@H]21. The standard InChI is InChI=1S/C40H70O8Si/c1-17-30(47-49(15,16)35(5,6)7)39(13)34-40(14,48-37(10,11)46-34)32(45-39)26(2)23-38(12,41)33-28(4)31(43-36(8,9)44-33)27(3)24-42-25-29-21-19-18-20-22-29/h18-22,26-28,30-34,41H,17,23-25H2,1-16H3/t26-,27+,28+,30-,31-,32-,33-,34-,38?,39+,40+/m1/s1. The normalized spacial score (nSPS) is 36.1. The second-order valence-corrected chi connectivity index (χ2v) is 23.3. The van der Waals surface area contributed by atoms with Gasteiger partial charge in [0.2, 0.25) is 0 Å². The Morgan fingerprint density at radius 2 is 1.49 bits per heavy atom. The zero-order valence-electron chi connectivity index (χ0n) is 33.6. The lowest BCUT2D eigenvalue weighted by molar-refractivity contribution is -0.353. The van der Waals surface area contributed by atoms with Crippen LogP contribution in [0.1, 0.15) is 115 Å². The summed E-state index contributed by atoms with van der Waals surface area (Å²) in [5.74, 6) is -1.75. The number of benzene rings is 1. The fourth-order valence-electron chi connectivity index (χ4n) is 8.70. The molecule has 1 N–H and O–H groups in total. The van der Waals surface area contributed by atoms with Gasteiger partial charge in [0.05, 0.1) is 43.2 Å². The van der Waals surface area contributed by atoms with Gasteiger partial charge < -0.3 is 38.0 Å². The van der Waals surface area contributed by atoms with Crippen LogP contribution < -0.4 is 0 Å². The summed E-state index contributed by atoms with van der Waals surface area (Å²) >= 11 is 0. The van der Waals surface area contributed by atoms with Crippen molar-refractivity contribution in [1.82, 2.24) is 0 Å². The molecule has 0 aliphatic carbocycles. The Labute approximate surface area is 299 Å². The van der Waals surface area contributed by atoms with Crippen molar-refractivity contribution in [2.24, 2.45) is 17.8 Å². The van der Waals surface area contributed by atoms with E-state index >= 15 is 0 Å². The molecule has 3 heterocycles. The van der Waals surface area contributed by atoms with E-state index < -0.39 is 42.8 Å². The quantitative estimate of drug-likeness (QED) is 0.204. The zero-order chi connectivity index (χ0) is 37.0. The fourth-order valence-corrected chi connectivity index (χ4v) is 10.2. The van der Waals surface area contributed by atoms with Gasteiger partial charge in [-0.2, -0.15) is 0 Å². The van der Waals surface area contributed by atoms with Crippen molar-refractivity contribution >= 4 is 8.32 Å². The van der Waals surface area contributed by atoms with Gasteiger partial charge in [0.1, 0.15) is 17.3 Å². The van der Waals surface area contributed by atoms with E-state index in [1.54, 1.807) is 0 Å². The summed E-state index contributed by atoms with van der Waals surface area (Å²) in [7, 11) is -2.13. The van der Waals surface area contributed by atoms with Crippen molar-refractivity contribution in [2.45, 2.75) is 193 Å². The first-order chi connectivity index (χ1) is 22.3. The first-order valence-electron chi connectivity index (χ1n) is 18.7. The van der Waals surface area contributed by atoms with E-state index in [1.807, 2.05) is 52.8 Å². The van der Waals surface area contributed by atoms with Gasteiger partial charge >= 0.3 is 0 Å². The van der Waals surface area contributed by atoms with Crippen molar-refractivity contribution in [1.29, 1.82) is 0 Å². The van der Waals surface area contributed by atoms with Gasteiger partial charge in [-0.3, -0.25) is 0 Å². The van der Waals surface area contributed by atoms with Gasteiger partial charge in [-0.05, 0) is 90.9 Å². The molecule has 3 aliphatic rings. The van der Waals surface area contributed by atoms with Crippen molar-refractivity contribution < 1.29 is 38.0 Å². The van der Waals surface area contributed by atoms with Crippen LogP contribution in [0.25, 0.3) is 0 Å². The molecule has 9 heteroatoms. The second kappa shape index (κ2) is 14.2. The minimum absolute atomic E-state index is 0.0495. The minimum atomic E-state index is -2.13. The van der Waals surface area contributed by atoms with Crippen LogP contribution in [0.2, 0.25) is 18.1 Å². The molecule has 0 radical (unpaired) electrons. The van der Waals surface area contributed by atoms with E-state index in [-0.39, 0.29) is 47.2 Å². The predicted molar refractivity (Wildman–Crippen MR) is 197 cm³/mol. The maximum absolute atomic E-state index is 12.4. The molecule has 3 saturated heterocycles. The molecule has 1 aromatic rings. The number of aliphatic hydroxyl groups is 1. The van der Waals surface area contributed by atoms with E-state index in [9.17, 15) is 5.11 Å². The maximum Gasteiger partial charge on any atom is 0.192 e. The largest absolute Gasteiger partial charge is 0.411 e. The monoisotopic (exact) mass is 706 g/mol. The van der Waals surface area contributed by atoms with Crippen LogP contribution in [0.3, 0.4) is 0 Å². The Morgan fingerprint density at radius 1 is 0.878 bits per heavy atom. The molecular weight excluding hydrogens is 637 g/mol. The van der Waals surface area contributed by atoms with Crippen LogP contribution in [-0.4, -0.2) is 78.9 Å². The summed E-state index contributed by atoms with van der Waals surface area (Å²) in [6.07, 6.45) is -0.286. The third-order valence-corrected chi connectivity index (χ3v) is 16.3. The molecule has 3 fully saturated rings. The van der Waals surface area contributed by atoms with E-state index in [0.29, 0.717) is 19.6 Å². The topological polar surface area (TPSA) is 84.8 Å². The number of ether oxygens (including phenoxy) is 6. The molecule has 0 aromatic heterocycles. The Bertz CT molecular complexity index is 1240. The molecule has 1 aromatic carbocycles. The molecule has 3 aliphatic heterocycles. The van der Waals surface area contributed by atoms with Gasteiger partial charge in [0.25, 0.3) is 0 Å². The molecule has 4 rings (SSSR count). The number of hydrogen-bond donors (Lipinski definition) is 1. The Hall–Kier alpha value is -0.883. The number of fused-ring (bicyclic) bond motifs is 1. The average Bonchev–Trinajstić information content (AvgIpc) is 3.35. The number of rotatable bonds is 13. The Kier molecular flexibility index (Phi) is 11.8. The molecule has 11 atom stereocenters. The minimum Gasteiger partial charge on any atom is -0.411 e. The second-order valence-electron chi connectivity index (χ2n) is 18.6. The number of hydrogen-bond acceptors (Lipinski definition) is 8. The molecule has 0 amide bonds. The van der Waals surface area contributed by atoms with Gasteiger partial charge in [-0.25, -0.2) is 0 Å². The van der Waals surface area contributed by atoms with Gasteiger partial charge in [-0.15, -0.1) is 0 Å². The van der Waals surface area contributed by atoms with E-state index in [2.05, 4.69) is 87.5 Å². The van der Waals surface area contributed by atoms with Gasteiger partial charge in [0, 0.05) is 11.8 Å². The maximum atomic E-state index is 12.4. The summed E-state index contributed by atoms with van der Waals surface area (Å²) in [6, 6.07) is 10.2. The van der Waals surface area contributed by atoms with E-state index in [1.165, 1.54) is 0 Å². The Morgan fingerprint density at radius 3 is 2.06 bits per heavy atom. The predicted octanol–water partition coefficient (Wildman–Crippen LogP) is 8.64. The molecule has 1 unspecified atom stereocenters. The summed E-state index contributed by atoms with van der Waals surface area (Å²) < 4.78 is 47.0. The highest BCUT2D eigenvalue weighted by atomic mass is 28.4. The molecule has 282 valence electrons. The third kappa shape index (κ3) is 8.52. The van der Waals surface area contributed by atoms with Crippen LogP contribution >= 0.6 is 0 Å². The van der Waals surface area contributed by atoms with Crippen molar-refractivity contribution in [3.05, 3.63) is 35.9 Å².